The summed E-state index contributed by atoms with van der Waals surface area (Å²) in [6.07, 6.45) is -6.70. The third-order valence-corrected chi connectivity index (χ3v) is 4.29. The van der Waals surface area contributed by atoms with Gasteiger partial charge in [0, 0.05) is 13.2 Å². The number of anilines is 1. The zero-order valence-electron chi connectivity index (χ0n) is 14.9. The van der Waals surface area contributed by atoms with Gasteiger partial charge in [0.25, 0.3) is 0 Å². The number of alkyl halides is 3. The molecule has 0 unspecified atom stereocenters. The number of halogens is 3. The molecule has 5 N–H and O–H groups in total. The van der Waals surface area contributed by atoms with E-state index in [1.807, 2.05) is 0 Å². The van der Waals surface area contributed by atoms with Gasteiger partial charge in [-0.2, -0.15) is 13.2 Å². The number of nitrogen functional groups attached to an aromatic ring is 1. The molecule has 4 atom stereocenters. The molecule has 2 aromatic rings. The first-order valence-electron chi connectivity index (χ1n) is 8.57. The van der Waals surface area contributed by atoms with Crippen molar-refractivity contribution in [3.8, 4) is 0 Å². The van der Waals surface area contributed by atoms with Gasteiger partial charge >= 0.3 is 12.1 Å². The number of nitrogens with one attached hydrogen (secondary N) is 1. The van der Waals surface area contributed by atoms with Gasteiger partial charge in [-0.25, -0.2) is 15.0 Å². The Hall–Kier alpha value is -2.55. The summed E-state index contributed by atoms with van der Waals surface area (Å²) in [7, 11) is 0. The molecule has 1 fully saturated rings. The highest BCUT2D eigenvalue weighted by molar-refractivity contribution is 5.81. The van der Waals surface area contributed by atoms with Crippen LogP contribution in [-0.2, 0) is 14.3 Å². The third kappa shape index (κ3) is 4.55. The summed E-state index contributed by atoms with van der Waals surface area (Å²) in [4.78, 5) is 22.6. The number of aliphatic hydroxyl groups is 2. The predicted molar refractivity (Wildman–Crippen MR) is 90.2 cm³/mol. The molecule has 14 heteroatoms. The molecular weight excluding hydrogens is 401 g/mol. The largest absolute Gasteiger partial charge is 0.471 e. The van der Waals surface area contributed by atoms with E-state index in [0.717, 1.165) is 0 Å². The molecule has 1 amide bonds. The van der Waals surface area contributed by atoms with Crippen molar-refractivity contribution in [2.24, 2.45) is 0 Å². The van der Waals surface area contributed by atoms with Crippen LogP contribution in [0.2, 0.25) is 0 Å². The Kier molecular flexibility index (Phi) is 6.16. The Balaban J connectivity index is 1.50. The van der Waals surface area contributed by atoms with Gasteiger partial charge < -0.3 is 30.7 Å². The average molecular weight is 420 g/mol. The predicted octanol–water partition coefficient (Wildman–Crippen LogP) is -0.887. The quantitative estimate of drug-likeness (QED) is 0.417. The minimum atomic E-state index is -4.93. The maximum atomic E-state index is 12.0. The molecule has 160 valence electrons. The van der Waals surface area contributed by atoms with Crippen LogP contribution in [0.25, 0.3) is 11.2 Å². The smallest absolute Gasteiger partial charge is 0.387 e. The fourth-order valence-electron chi connectivity index (χ4n) is 2.83. The SMILES string of the molecule is Nc1ncnc2c1ncn2[C@@H]1O[C@H](COCCCNC(=O)C(F)(F)F)[C@@H](O)[C@H]1O. The van der Waals surface area contributed by atoms with Crippen molar-refractivity contribution >= 4 is 22.9 Å². The molecule has 2 aromatic heterocycles. The van der Waals surface area contributed by atoms with E-state index in [2.05, 4.69) is 15.0 Å². The van der Waals surface area contributed by atoms with E-state index in [4.69, 9.17) is 15.2 Å². The summed E-state index contributed by atoms with van der Waals surface area (Å²) in [6.45, 7) is -0.325. The van der Waals surface area contributed by atoms with Crippen LogP contribution in [0.4, 0.5) is 19.0 Å². The Bertz CT molecular complexity index is 863. The van der Waals surface area contributed by atoms with Crippen LogP contribution in [0, 0.1) is 0 Å². The second-order valence-corrected chi connectivity index (χ2v) is 6.31. The molecular formula is C15H19F3N6O5. The van der Waals surface area contributed by atoms with E-state index < -0.39 is 36.6 Å². The normalized spacial score (nSPS) is 24.9. The molecule has 0 aliphatic carbocycles. The zero-order valence-corrected chi connectivity index (χ0v) is 14.9. The van der Waals surface area contributed by atoms with Gasteiger partial charge in [0.2, 0.25) is 0 Å². The molecule has 0 radical (unpaired) electrons. The molecule has 1 saturated heterocycles. The highest BCUT2D eigenvalue weighted by atomic mass is 19.4. The molecule has 0 aromatic carbocycles. The second kappa shape index (κ2) is 8.44. The van der Waals surface area contributed by atoms with Crippen LogP contribution in [-0.4, -0.2) is 79.9 Å². The zero-order chi connectivity index (χ0) is 21.2. The summed E-state index contributed by atoms with van der Waals surface area (Å²) in [6, 6.07) is 0. The van der Waals surface area contributed by atoms with Crippen LogP contribution in [0.15, 0.2) is 12.7 Å². The lowest BCUT2D eigenvalue weighted by Crippen LogP contribution is -2.37. The number of rotatable bonds is 7. The Morgan fingerprint density at radius 1 is 1.31 bits per heavy atom. The van der Waals surface area contributed by atoms with E-state index in [9.17, 15) is 28.2 Å². The topological polar surface area (TPSA) is 158 Å². The van der Waals surface area contributed by atoms with Crippen LogP contribution in [0.3, 0.4) is 0 Å². The number of hydrogen-bond acceptors (Lipinski definition) is 9. The van der Waals surface area contributed by atoms with Gasteiger partial charge in [0.05, 0.1) is 12.9 Å². The maximum Gasteiger partial charge on any atom is 0.471 e. The standard InChI is InChI=1S/C15H19F3N6O5/c16-15(17,18)14(27)20-2-1-3-28-4-7-9(25)10(26)13(29-7)24-6-23-8-11(19)21-5-22-12(8)24/h5-7,9-10,13,25-26H,1-4H2,(H,20,27)(H2,19,21,22)/t7-,9-,10-,13-/m1/s1. The minimum absolute atomic E-state index is 0.0171. The number of nitrogens with two attached hydrogens (primary N) is 1. The van der Waals surface area contributed by atoms with Crippen molar-refractivity contribution in [3.63, 3.8) is 0 Å². The Morgan fingerprint density at radius 3 is 2.79 bits per heavy atom. The van der Waals surface area contributed by atoms with Gasteiger partial charge in [-0.1, -0.05) is 0 Å². The lowest BCUT2D eigenvalue weighted by Gasteiger charge is -2.16. The number of aliphatic hydroxyl groups excluding tert-OH is 2. The van der Waals surface area contributed by atoms with Crippen LogP contribution >= 0.6 is 0 Å². The van der Waals surface area contributed by atoms with Crippen molar-refractivity contribution in [1.29, 1.82) is 0 Å². The third-order valence-electron chi connectivity index (χ3n) is 4.29. The summed E-state index contributed by atoms with van der Waals surface area (Å²) in [5, 5.41) is 22.2. The fraction of sp³-hybridized carbons (Fsp3) is 0.600. The van der Waals surface area contributed by atoms with Gasteiger partial charge in [-0.05, 0) is 6.42 Å². The second-order valence-electron chi connectivity index (χ2n) is 6.31. The first-order valence-corrected chi connectivity index (χ1v) is 8.57. The van der Waals surface area contributed by atoms with Crippen molar-refractivity contribution in [3.05, 3.63) is 12.7 Å². The first kappa shape index (κ1) is 21.2. The molecule has 3 heterocycles. The molecule has 11 nitrogen and oxygen atoms in total. The molecule has 0 saturated carbocycles. The van der Waals surface area contributed by atoms with E-state index in [1.54, 1.807) is 5.32 Å². The van der Waals surface area contributed by atoms with Gasteiger partial charge in [0.1, 0.15) is 30.2 Å². The van der Waals surface area contributed by atoms with E-state index in [0.29, 0.717) is 11.2 Å². The molecule has 0 spiro atoms. The number of fused-ring (bicyclic) bond motifs is 1. The number of ether oxygens (including phenoxy) is 2. The van der Waals surface area contributed by atoms with E-state index >= 15 is 0 Å². The van der Waals surface area contributed by atoms with Crippen LogP contribution in [0.5, 0.6) is 0 Å². The lowest BCUT2D eigenvalue weighted by atomic mass is 10.1. The molecule has 1 aliphatic rings. The summed E-state index contributed by atoms with van der Waals surface area (Å²) < 4.78 is 48.5. The summed E-state index contributed by atoms with van der Waals surface area (Å²) in [5.41, 5.74) is 6.35. The monoisotopic (exact) mass is 420 g/mol. The Labute approximate surface area is 161 Å². The molecule has 0 bridgehead atoms. The van der Waals surface area contributed by atoms with Crippen molar-refractivity contribution in [1.82, 2.24) is 24.8 Å². The summed E-state index contributed by atoms with van der Waals surface area (Å²) in [5.74, 6) is -1.87. The fourth-order valence-corrected chi connectivity index (χ4v) is 2.83. The lowest BCUT2D eigenvalue weighted by molar-refractivity contribution is -0.173. The number of aromatic nitrogens is 4. The molecule has 3 rings (SSSR count). The minimum Gasteiger partial charge on any atom is -0.387 e. The average Bonchev–Trinajstić information content (AvgIpc) is 3.20. The Morgan fingerprint density at radius 2 is 2.07 bits per heavy atom. The van der Waals surface area contributed by atoms with Crippen molar-refractivity contribution in [2.75, 3.05) is 25.5 Å². The van der Waals surface area contributed by atoms with Crippen LogP contribution < -0.4 is 11.1 Å². The highest BCUT2D eigenvalue weighted by Gasteiger charge is 2.44. The van der Waals surface area contributed by atoms with E-state index in [-0.39, 0.29) is 32.0 Å². The highest BCUT2D eigenvalue weighted by Crippen LogP contribution is 2.32. The van der Waals surface area contributed by atoms with Gasteiger partial charge in [-0.3, -0.25) is 9.36 Å². The number of nitrogens with zero attached hydrogens (tertiary/aromatic N) is 4. The number of imidazole rings is 1. The van der Waals surface area contributed by atoms with Gasteiger partial charge in [-0.15, -0.1) is 0 Å². The van der Waals surface area contributed by atoms with Crippen LogP contribution in [0.1, 0.15) is 12.6 Å². The molecule has 29 heavy (non-hydrogen) atoms. The summed E-state index contributed by atoms with van der Waals surface area (Å²) >= 11 is 0. The van der Waals surface area contributed by atoms with E-state index in [1.165, 1.54) is 17.2 Å². The van der Waals surface area contributed by atoms with Crippen molar-refractivity contribution in [2.45, 2.75) is 37.1 Å². The number of hydrogen-bond donors (Lipinski definition) is 4. The maximum absolute atomic E-state index is 12.0. The number of carbonyl (C=O) groups excluding carboxylic acids is 1. The van der Waals surface area contributed by atoms with Crippen molar-refractivity contribution < 1.29 is 37.7 Å². The molecule has 1 aliphatic heterocycles. The number of carbonyl (C=O) groups is 1. The first-order chi connectivity index (χ1) is 13.7. The number of amides is 1. The van der Waals surface area contributed by atoms with Gasteiger partial charge in [0.15, 0.2) is 17.7 Å².